The van der Waals surface area contributed by atoms with Crippen LogP contribution < -0.4 is 11.1 Å². The van der Waals surface area contributed by atoms with Crippen molar-refractivity contribution in [1.82, 2.24) is 5.32 Å². The quantitative estimate of drug-likeness (QED) is 0.849. The Morgan fingerprint density at radius 1 is 1.12 bits per heavy atom. The van der Waals surface area contributed by atoms with Crippen molar-refractivity contribution in [1.29, 1.82) is 0 Å². The molecule has 0 radical (unpaired) electrons. The summed E-state index contributed by atoms with van der Waals surface area (Å²) in [5.41, 5.74) is 11.0. The second-order valence-corrected chi connectivity index (χ2v) is 7.54. The predicted octanol–water partition coefficient (Wildman–Crippen LogP) is 3.53. The normalized spacial score (nSPS) is 20.1. The van der Waals surface area contributed by atoms with Crippen molar-refractivity contribution in [2.45, 2.75) is 43.4 Å². The lowest BCUT2D eigenvalue weighted by atomic mass is 9.95. The summed E-state index contributed by atoms with van der Waals surface area (Å²) in [6.07, 6.45) is 5.71. The molecular weight excluding hydrogens is 308 g/mol. The number of hydrogen-bond acceptors (Lipinski definition) is 2. The molecule has 1 amide bonds. The first kappa shape index (κ1) is 16.3. The van der Waals surface area contributed by atoms with Crippen LogP contribution >= 0.6 is 0 Å². The highest BCUT2D eigenvalue weighted by Gasteiger charge is 2.42. The van der Waals surface area contributed by atoms with Gasteiger partial charge in [0, 0.05) is 24.1 Å². The predicted molar refractivity (Wildman–Crippen MR) is 101 cm³/mol. The summed E-state index contributed by atoms with van der Waals surface area (Å²) in [5, 5.41) is 3.08. The maximum Gasteiger partial charge on any atom is 0.251 e. The molecule has 2 aliphatic rings. The topological polar surface area (TPSA) is 55.1 Å². The van der Waals surface area contributed by atoms with Crippen LogP contribution in [0.15, 0.2) is 48.5 Å². The Morgan fingerprint density at radius 3 is 2.60 bits per heavy atom. The average Bonchev–Trinajstić information content (AvgIpc) is 3.37. The highest BCUT2D eigenvalue weighted by molar-refractivity contribution is 5.94. The number of fused-ring (bicyclic) bond motifs is 1. The van der Waals surface area contributed by atoms with Crippen molar-refractivity contribution in [3.8, 4) is 0 Å². The molecule has 2 aromatic carbocycles. The molecule has 0 aliphatic heterocycles. The monoisotopic (exact) mass is 334 g/mol. The fourth-order valence-electron chi connectivity index (χ4n) is 4.14. The van der Waals surface area contributed by atoms with Crippen molar-refractivity contribution < 1.29 is 4.79 Å². The molecule has 1 fully saturated rings. The maximum absolute atomic E-state index is 12.4. The van der Waals surface area contributed by atoms with E-state index in [1.165, 1.54) is 29.5 Å². The van der Waals surface area contributed by atoms with E-state index in [0.717, 1.165) is 31.4 Å². The Hall–Kier alpha value is -2.13. The Morgan fingerprint density at radius 2 is 1.88 bits per heavy atom. The lowest BCUT2D eigenvalue weighted by Crippen LogP contribution is -2.25. The van der Waals surface area contributed by atoms with Gasteiger partial charge < -0.3 is 11.1 Å². The minimum atomic E-state index is 0.0235. The largest absolute Gasteiger partial charge is 0.352 e. The molecule has 0 saturated heterocycles. The SMILES string of the molecule is NCC1(c2ccc(C(=O)NCCC3CCc4ccccc43)cc2)CC1. The Bertz CT molecular complexity index is 762. The fraction of sp³-hybridized carbons (Fsp3) is 0.409. The summed E-state index contributed by atoms with van der Waals surface area (Å²) in [7, 11) is 0. The number of hydrogen-bond donors (Lipinski definition) is 2. The molecule has 1 saturated carbocycles. The highest BCUT2D eigenvalue weighted by Crippen LogP contribution is 2.47. The molecule has 2 aromatic rings. The zero-order valence-electron chi connectivity index (χ0n) is 14.6. The number of carbonyl (C=O) groups excluding carboxylic acids is 1. The molecule has 3 nitrogen and oxygen atoms in total. The third kappa shape index (κ3) is 3.21. The van der Waals surface area contributed by atoms with Gasteiger partial charge in [0.2, 0.25) is 0 Å². The molecule has 2 aliphatic carbocycles. The van der Waals surface area contributed by atoms with E-state index in [2.05, 4.69) is 41.7 Å². The van der Waals surface area contributed by atoms with Crippen LogP contribution in [0.25, 0.3) is 0 Å². The van der Waals surface area contributed by atoms with E-state index in [4.69, 9.17) is 5.73 Å². The van der Waals surface area contributed by atoms with E-state index in [1.54, 1.807) is 0 Å². The lowest BCUT2D eigenvalue weighted by molar-refractivity contribution is 0.0952. The van der Waals surface area contributed by atoms with E-state index in [1.807, 2.05) is 12.1 Å². The van der Waals surface area contributed by atoms with Crippen LogP contribution in [0.3, 0.4) is 0 Å². The van der Waals surface area contributed by atoms with Gasteiger partial charge in [-0.1, -0.05) is 36.4 Å². The first-order chi connectivity index (χ1) is 12.2. The first-order valence-electron chi connectivity index (χ1n) is 9.38. The molecule has 1 unspecified atom stereocenters. The zero-order chi connectivity index (χ0) is 17.3. The molecule has 0 bridgehead atoms. The number of nitrogens with two attached hydrogens (primary N) is 1. The van der Waals surface area contributed by atoms with E-state index >= 15 is 0 Å². The molecule has 4 rings (SSSR count). The molecule has 3 N–H and O–H groups in total. The summed E-state index contributed by atoms with van der Waals surface area (Å²) in [5.74, 6) is 0.605. The molecule has 1 atom stereocenters. The van der Waals surface area contributed by atoms with Crippen molar-refractivity contribution in [3.05, 3.63) is 70.8 Å². The summed E-state index contributed by atoms with van der Waals surface area (Å²) in [6, 6.07) is 16.7. The number of aryl methyl sites for hydroxylation is 1. The van der Waals surface area contributed by atoms with Crippen LogP contribution in [0.5, 0.6) is 0 Å². The first-order valence-corrected chi connectivity index (χ1v) is 9.38. The van der Waals surface area contributed by atoms with Crippen LogP contribution in [0, 0.1) is 0 Å². The number of carbonyl (C=O) groups is 1. The molecule has 0 heterocycles. The van der Waals surface area contributed by atoms with Gasteiger partial charge in [-0.05, 0) is 66.8 Å². The van der Waals surface area contributed by atoms with Gasteiger partial charge in [-0.2, -0.15) is 0 Å². The standard InChI is InChI=1S/C22H26N2O/c23-15-22(12-13-22)19-9-7-18(8-10-19)21(25)24-14-11-17-6-5-16-3-1-2-4-20(16)17/h1-4,7-10,17H,5-6,11-15,23H2,(H,24,25). The molecule has 3 heteroatoms. The minimum Gasteiger partial charge on any atom is -0.352 e. The fourth-order valence-corrected chi connectivity index (χ4v) is 4.14. The van der Waals surface area contributed by atoms with E-state index < -0.39 is 0 Å². The second kappa shape index (κ2) is 6.64. The molecule has 130 valence electrons. The Kier molecular flexibility index (Phi) is 4.34. The van der Waals surface area contributed by atoms with Gasteiger partial charge >= 0.3 is 0 Å². The highest BCUT2D eigenvalue weighted by atomic mass is 16.1. The van der Waals surface area contributed by atoms with Gasteiger partial charge in [0.05, 0.1) is 0 Å². The third-order valence-corrected chi connectivity index (χ3v) is 6.04. The van der Waals surface area contributed by atoms with Crippen molar-refractivity contribution in [2.75, 3.05) is 13.1 Å². The van der Waals surface area contributed by atoms with Gasteiger partial charge in [0.1, 0.15) is 0 Å². The van der Waals surface area contributed by atoms with Gasteiger partial charge in [0.25, 0.3) is 5.91 Å². The molecule has 0 aromatic heterocycles. The third-order valence-electron chi connectivity index (χ3n) is 6.04. The van der Waals surface area contributed by atoms with E-state index in [0.29, 0.717) is 12.5 Å². The smallest absolute Gasteiger partial charge is 0.251 e. The van der Waals surface area contributed by atoms with Gasteiger partial charge in [-0.3, -0.25) is 4.79 Å². The Labute approximate surface area is 149 Å². The maximum atomic E-state index is 12.4. The number of benzene rings is 2. The summed E-state index contributed by atoms with van der Waals surface area (Å²) < 4.78 is 0. The number of nitrogens with one attached hydrogen (secondary N) is 1. The summed E-state index contributed by atoms with van der Waals surface area (Å²) >= 11 is 0. The van der Waals surface area contributed by atoms with Crippen LogP contribution in [-0.2, 0) is 11.8 Å². The van der Waals surface area contributed by atoms with Gasteiger partial charge in [-0.15, -0.1) is 0 Å². The average molecular weight is 334 g/mol. The molecule has 0 spiro atoms. The Balaban J connectivity index is 1.31. The number of rotatable bonds is 6. The van der Waals surface area contributed by atoms with Gasteiger partial charge in [-0.25, -0.2) is 0 Å². The van der Waals surface area contributed by atoms with Crippen LogP contribution in [0.1, 0.15) is 58.6 Å². The van der Waals surface area contributed by atoms with Crippen LogP contribution in [0.4, 0.5) is 0 Å². The lowest BCUT2D eigenvalue weighted by Gasteiger charge is -2.14. The molecule has 25 heavy (non-hydrogen) atoms. The van der Waals surface area contributed by atoms with Crippen LogP contribution in [0.2, 0.25) is 0 Å². The second-order valence-electron chi connectivity index (χ2n) is 7.54. The van der Waals surface area contributed by atoms with Crippen molar-refractivity contribution in [2.24, 2.45) is 5.73 Å². The van der Waals surface area contributed by atoms with Crippen molar-refractivity contribution >= 4 is 5.91 Å². The zero-order valence-corrected chi connectivity index (χ0v) is 14.6. The molecular formula is C22H26N2O. The van der Waals surface area contributed by atoms with E-state index in [-0.39, 0.29) is 11.3 Å². The minimum absolute atomic E-state index is 0.0235. The van der Waals surface area contributed by atoms with Crippen molar-refractivity contribution in [3.63, 3.8) is 0 Å². The van der Waals surface area contributed by atoms with Crippen LogP contribution in [-0.4, -0.2) is 19.0 Å². The van der Waals surface area contributed by atoms with Gasteiger partial charge in [0.15, 0.2) is 0 Å². The summed E-state index contributed by atoms with van der Waals surface area (Å²) in [4.78, 5) is 12.4. The number of amides is 1. The van der Waals surface area contributed by atoms with E-state index in [9.17, 15) is 4.79 Å². The summed E-state index contributed by atoms with van der Waals surface area (Å²) in [6.45, 7) is 1.42.